The summed E-state index contributed by atoms with van der Waals surface area (Å²) in [4.78, 5) is 10.7. The highest BCUT2D eigenvalue weighted by molar-refractivity contribution is 5.84. The van der Waals surface area contributed by atoms with Gasteiger partial charge in [0.2, 0.25) is 5.76 Å². The summed E-state index contributed by atoms with van der Waals surface area (Å²) in [5.41, 5.74) is 1.33. The van der Waals surface area contributed by atoms with Gasteiger partial charge in [0, 0.05) is 6.04 Å². The topological polar surface area (TPSA) is 62.5 Å². The molecule has 1 unspecified atom stereocenters. The van der Waals surface area contributed by atoms with E-state index in [1.54, 1.807) is 6.07 Å². The monoisotopic (exact) mass is 273 g/mol. The predicted molar refractivity (Wildman–Crippen MR) is 76.7 cm³/mol. The fraction of sp³-hybridized carbons (Fsp3) is 0.312. The second-order valence-electron chi connectivity index (χ2n) is 4.88. The van der Waals surface area contributed by atoms with Gasteiger partial charge in [-0.2, -0.15) is 0 Å². The molecule has 0 spiro atoms. The quantitative estimate of drug-likeness (QED) is 0.813. The van der Waals surface area contributed by atoms with E-state index in [0.717, 1.165) is 12.8 Å². The first-order valence-corrected chi connectivity index (χ1v) is 6.74. The molecule has 4 heteroatoms. The third-order valence-electron chi connectivity index (χ3n) is 3.21. The molecule has 1 atom stereocenters. The van der Waals surface area contributed by atoms with Gasteiger partial charge in [0.05, 0.1) is 6.54 Å². The molecular weight excluding hydrogens is 254 g/mol. The van der Waals surface area contributed by atoms with E-state index in [-0.39, 0.29) is 5.76 Å². The van der Waals surface area contributed by atoms with E-state index < -0.39 is 5.97 Å². The SMILES string of the molecule is CC(CCc1ccccc1)NCc1ccc(C(=O)O)o1. The van der Waals surface area contributed by atoms with Crippen LogP contribution in [0.4, 0.5) is 0 Å². The predicted octanol–water partition coefficient (Wildman–Crippen LogP) is 3.09. The molecule has 0 aliphatic heterocycles. The Labute approximate surface area is 118 Å². The van der Waals surface area contributed by atoms with Gasteiger partial charge in [-0.15, -0.1) is 0 Å². The van der Waals surface area contributed by atoms with Crippen molar-refractivity contribution in [2.45, 2.75) is 32.4 Å². The molecule has 1 aromatic carbocycles. The Bertz CT molecular complexity index is 548. The number of carboxylic acid groups (broad SMARTS) is 1. The largest absolute Gasteiger partial charge is 0.475 e. The highest BCUT2D eigenvalue weighted by atomic mass is 16.4. The van der Waals surface area contributed by atoms with Crippen molar-refractivity contribution in [3.63, 3.8) is 0 Å². The molecule has 0 fully saturated rings. The maximum atomic E-state index is 10.7. The van der Waals surface area contributed by atoms with Crippen LogP contribution in [0, 0.1) is 0 Å². The van der Waals surface area contributed by atoms with Crippen LogP contribution >= 0.6 is 0 Å². The zero-order chi connectivity index (χ0) is 14.4. The van der Waals surface area contributed by atoms with Crippen LogP contribution in [0.3, 0.4) is 0 Å². The van der Waals surface area contributed by atoms with Gasteiger partial charge in [-0.05, 0) is 37.5 Å². The summed E-state index contributed by atoms with van der Waals surface area (Å²) < 4.78 is 5.20. The Kier molecular flexibility index (Phi) is 4.96. The Morgan fingerprint density at radius 3 is 2.65 bits per heavy atom. The van der Waals surface area contributed by atoms with Crippen LogP contribution < -0.4 is 5.32 Å². The molecule has 20 heavy (non-hydrogen) atoms. The van der Waals surface area contributed by atoms with Gasteiger partial charge >= 0.3 is 5.97 Å². The van der Waals surface area contributed by atoms with Crippen molar-refractivity contribution in [3.05, 3.63) is 59.5 Å². The zero-order valence-electron chi connectivity index (χ0n) is 11.5. The van der Waals surface area contributed by atoms with E-state index in [1.165, 1.54) is 11.6 Å². The minimum atomic E-state index is -1.03. The molecule has 2 N–H and O–H groups in total. The fourth-order valence-corrected chi connectivity index (χ4v) is 1.99. The number of carboxylic acids is 1. The van der Waals surface area contributed by atoms with Crippen LogP contribution in [-0.2, 0) is 13.0 Å². The minimum absolute atomic E-state index is 0.0151. The van der Waals surface area contributed by atoms with Gasteiger partial charge in [0.25, 0.3) is 0 Å². The number of hydrogen-bond acceptors (Lipinski definition) is 3. The van der Waals surface area contributed by atoms with Gasteiger partial charge in [-0.1, -0.05) is 30.3 Å². The molecule has 2 aromatic rings. The Hall–Kier alpha value is -2.07. The van der Waals surface area contributed by atoms with E-state index in [1.807, 2.05) is 18.2 Å². The molecule has 2 rings (SSSR count). The third-order valence-corrected chi connectivity index (χ3v) is 3.21. The first kappa shape index (κ1) is 14.3. The van der Waals surface area contributed by atoms with E-state index in [9.17, 15) is 4.79 Å². The van der Waals surface area contributed by atoms with E-state index in [4.69, 9.17) is 9.52 Å². The normalized spacial score (nSPS) is 12.2. The van der Waals surface area contributed by atoms with Gasteiger partial charge in [-0.25, -0.2) is 4.79 Å². The van der Waals surface area contributed by atoms with Crippen molar-refractivity contribution in [2.75, 3.05) is 0 Å². The lowest BCUT2D eigenvalue weighted by atomic mass is 10.1. The van der Waals surface area contributed by atoms with E-state index >= 15 is 0 Å². The van der Waals surface area contributed by atoms with Gasteiger partial charge in [0.15, 0.2) is 0 Å². The summed E-state index contributed by atoms with van der Waals surface area (Å²) in [6.45, 7) is 2.66. The summed E-state index contributed by atoms with van der Waals surface area (Å²) in [6, 6.07) is 13.9. The first-order chi connectivity index (χ1) is 9.65. The fourth-order valence-electron chi connectivity index (χ4n) is 1.99. The average Bonchev–Trinajstić information content (AvgIpc) is 2.93. The number of hydrogen-bond donors (Lipinski definition) is 2. The molecular formula is C16H19NO3. The molecule has 0 aliphatic rings. The Morgan fingerprint density at radius 2 is 2.00 bits per heavy atom. The number of carbonyl (C=O) groups is 1. The molecule has 0 bridgehead atoms. The van der Waals surface area contributed by atoms with E-state index in [2.05, 4.69) is 24.4 Å². The molecule has 1 heterocycles. The average molecular weight is 273 g/mol. The number of benzene rings is 1. The molecule has 0 saturated carbocycles. The lowest BCUT2D eigenvalue weighted by molar-refractivity contribution is 0.0660. The van der Waals surface area contributed by atoms with Crippen LogP contribution in [0.2, 0.25) is 0 Å². The van der Waals surface area contributed by atoms with Crippen molar-refractivity contribution in [1.29, 1.82) is 0 Å². The van der Waals surface area contributed by atoms with Crippen molar-refractivity contribution in [2.24, 2.45) is 0 Å². The van der Waals surface area contributed by atoms with Crippen molar-refractivity contribution in [3.8, 4) is 0 Å². The second-order valence-corrected chi connectivity index (χ2v) is 4.88. The first-order valence-electron chi connectivity index (χ1n) is 6.74. The molecule has 1 aromatic heterocycles. The summed E-state index contributed by atoms with van der Waals surface area (Å²) in [5, 5.41) is 12.1. The van der Waals surface area contributed by atoms with Crippen LogP contribution in [0.25, 0.3) is 0 Å². The summed E-state index contributed by atoms with van der Waals surface area (Å²) >= 11 is 0. The third kappa shape index (κ3) is 4.24. The molecule has 0 radical (unpaired) electrons. The Balaban J connectivity index is 1.74. The highest BCUT2D eigenvalue weighted by Gasteiger charge is 2.09. The summed E-state index contributed by atoms with van der Waals surface area (Å²) in [5.74, 6) is -0.402. The number of furan rings is 1. The maximum absolute atomic E-state index is 10.7. The number of rotatable bonds is 7. The van der Waals surface area contributed by atoms with Crippen LogP contribution in [0.15, 0.2) is 46.9 Å². The van der Waals surface area contributed by atoms with Crippen molar-refractivity contribution in [1.82, 2.24) is 5.32 Å². The molecule has 0 saturated heterocycles. The summed E-state index contributed by atoms with van der Waals surface area (Å²) in [7, 11) is 0. The highest BCUT2D eigenvalue weighted by Crippen LogP contribution is 2.09. The lowest BCUT2D eigenvalue weighted by Crippen LogP contribution is -2.25. The van der Waals surface area contributed by atoms with Crippen molar-refractivity contribution < 1.29 is 14.3 Å². The summed E-state index contributed by atoms with van der Waals surface area (Å²) in [6.07, 6.45) is 2.05. The van der Waals surface area contributed by atoms with Crippen LogP contribution in [-0.4, -0.2) is 17.1 Å². The zero-order valence-corrected chi connectivity index (χ0v) is 11.5. The minimum Gasteiger partial charge on any atom is -0.475 e. The molecule has 0 aliphatic carbocycles. The maximum Gasteiger partial charge on any atom is 0.371 e. The van der Waals surface area contributed by atoms with Crippen LogP contribution in [0.1, 0.15) is 35.2 Å². The van der Waals surface area contributed by atoms with Gasteiger partial charge < -0.3 is 14.8 Å². The van der Waals surface area contributed by atoms with Crippen LogP contribution in [0.5, 0.6) is 0 Å². The smallest absolute Gasteiger partial charge is 0.371 e. The molecule has 0 amide bonds. The van der Waals surface area contributed by atoms with Gasteiger partial charge in [0.1, 0.15) is 5.76 Å². The van der Waals surface area contributed by atoms with E-state index in [0.29, 0.717) is 18.3 Å². The second kappa shape index (κ2) is 6.91. The number of nitrogens with one attached hydrogen (secondary N) is 1. The standard InChI is InChI=1S/C16H19NO3/c1-12(7-8-13-5-3-2-4-6-13)17-11-14-9-10-15(20-14)16(18)19/h2-6,9-10,12,17H,7-8,11H2,1H3,(H,18,19). The van der Waals surface area contributed by atoms with Crippen molar-refractivity contribution >= 4 is 5.97 Å². The molecule has 4 nitrogen and oxygen atoms in total. The van der Waals surface area contributed by atoms with Gasteiger partial charge in [-0.3, -0.25) is 0 Å². The Morgan fingerprint density at radius 1 is 1.25 bits per heavy atom. The molecule has 106 valence electrons. The number of aromatic carboxylic acids is 1. The number of aryl methyl sites for hydroxylation is 1. The lowest BCUT2D eigenvalue weighted by Gasteiger charge is -2.12.